The Labute approximate surface area is 88.3 Å². The zero-order chi connectivity index (χ0) is 10.7. The molecule has 0 saturated carbocycles. The van der Waals surface area contributed by atoms with Gasteiger partial charge in [-0.2, -0.15) is 0 Å². The van der Waals surface area contributed by atoms with Crippen LogP contribution in [0.1, 0.15) is 17.5 Å². The molecule has 0 aliphatic rings. The molecule has 76 valence electrons. The topological polar surface area (TPSA) is 38.0 Å². The van der Waals surface area contributed by atoms with Gasteiger partial charge in [0.1, 0.15) is 11.9 Å². The summed E-state index contributed by atoms with van der Waals surface area (Å²) in [5.74, 6) is 0.580. The van der Waals surface area contributed by atoms with E-state index in [1.54, 1.807) is 23.2 Å². The van der Waals surface area contributed by atoms with Gasteiger partial charge in [-0.3, -0.25) is 0 Å². The number of imidazole rings is 1. The van der Waals surface area contributed by atoms with Crippen molar-refractivity contribution >= 4 is 6.20 Å². The highest BCUT2D eigenvalue weighted by Gasteiger charge is 2.14. The first-order valence-corrected chi connectivity index (χ1v) is 4.71. The van der Waals surface area contributed by atoms with Gasteiger partial charge in [0.05, 0.1) is 0 Å². The Bertz CT molecular complexity index is 448. The van der Waals surface area contributed by atoms with Gasteiger partial charge in [0.25, 0.3) is 0 Å². The van der Waals surface area contributed by atoms with Crippen molar-refractivity contribution in [3.8, 4) is 0 Å². The number of hydrogen-bond donors (Lipinski definition) is 1. The highest BCUT2D eigenvalue weighted by molar-refractivity contribution is 5.28. The number of rotatable bonds is 3. The van der Waals surface area contributed by atoms with Gasteiger partial charge < -0.3 is 9.67 Å². The van der Waals surface area contributed by atoms with E-state index in [-0.39, 0.29) is 0 Å². The van der Waals surface area contributed by atoms with Crippen LogP contribution in [0.15, 0.2) is 49.3 Å². The Morgan fingerprint density at radius 3 is 2.73 bits per heavy atom. The molecule has 0 radical (unpaired) electrons. The molecule has 1 aromatic carbocycles. The molecular weight excluding hydrogens is 188 g/mol. The zero-order valence-corrected chi connectivity index (χ0v) is 8.24. The average molecular weight is 200 g/mol. The quantitative estimate of drug-likeness (QED) is 0.823. The van der Waals surface area contributed by atoms with Gasteiger partial charge in [0.2, 0.25) is 0 Å². The van der Waals surface area contributed by atoms with Crippen molar-refractivity contribution < 1.29 is 5.11 Å². The second kappa shape index (κ2) is 4.11. The first-order valence-electron chi connectivity index (χ1n) is 4.71. The summed E-state index contributed by atoms with van der Waals surface area (Å²) < 4.78 is 1.71. The van der Waals surface area contributed by atoms with Crippen LogP contribution < -0.4 is 0 Å². The van der Waals surface area contributed by atoms with Crippen LogP contribution in [0.5, 0.6) is 0 Å². The second-order valence-corrected chi connectivity index (χ2v) is 3.19. The minimum atomic E-state index is -0.709. The van der Waals surface area contributed by atoms with E-state index in [0.717, 1.165) is 5.56 Å². The summed E-state index contributed by atoms with van der Waals surface area (Å²) >= 11 is 0. The van der Waals surface area contributed by atoms with Gasteiger partial charge in [0.15, 0.2) is 0 Å². The molecule has 1 N–H and O–H groups in total. The third-order valence-corrected chi connectivity index (χ3v) is 2.26. The fourth-order valence-electron chi connectivity index (χ4n) is 1.48. The van der Waals surface area contributed by atoms with E-state index < -0.39 is 6.10 Å². The molecule has 2 aromatic rings. The molecular formula is C12H12N2O. The van der Waals surface area contributed by atoms with Gasteiger partial charge >= 0.3 is 0 Å². The summed E-state index contributed by atoms with van der Waals surface area (Å²) in [5.41, 5.74) is 0.826. The Morgan fingerprint density at radius 1 is 1.33 bits per heavy atom. The summed E-state index contributed by atoms with van der Waals surface area (Å²) in [5, 5.41) is 10.1. The van der Waals surface area contributed by atoms with Gasteiger partial charge in [0, 0.05) is 18.6 Å². The van der Waals surface area contributed by atoms with Crippen molar-refractivity contribution in [2.45, 2.75) is 6.10 Å². The number of benzene rings is 1. The highest BCUT2D eigenvalue weighted by atomic mass is 16.3. The van der Waals surface area contributed by atoms with E-state index in [2.05, 4.69) is 11.6 Å². The van der Waals surface area contributed by atoms with Crippen LogP contribution in [0.3, 0.4) is 0 Å². The van der Waals surface area contributed by atoms with Crippen LogP contribution in [-0.4, -0.2) is 14.7 Å². The third-order valence-electron chi connectivity index (χ3n) is 2.26. The second-order valence-electron chi connectivity index (χ2n) is 3.19. The summed E-state index contributed by atoms with van der Waals surface area (Å²) in [7, 11) is 0. The van der Waals surface area contributed by atoms with E-state index in [1.807, 2.05) is 30.3 Å². The number of aromatic nitrogens is 2. The van der Waals surface area contributed by atoms with Crippen molar-refractivity contribution in [3.05, 3.63) is 60.7 Å². The van der Waals surface area contributed by atoms with Crippen molar-refractivity contribution in [1.82, 2.24) is 9.55 Å². The van der Waals surface area contributed by atoms with Crippen LogP contribution >= 0.6 is 0 Å². The summed E-state index contributed by atoms with van der Waals surface area (Å²) in [6, 6.07) is 9.43. The Balaban J connectivity index is 2.36. The molecule has 3 nitrogen and oxygen atoms in total. The minimum absolute atomic E-state index is 0.580. The van der Waals surface area contributed by atoms with Crippen LogP contribution in [0.25, 0.3) is 6.20 Å². The van der Waals surface area contributed by atoms with Crippen molar-refractivity contribution in [3.63, 3.8) is 0 Å². The summed E-state index contributed by atoms with van der Waals surface area (Å²) in [6.07, 6.45) is 4.31. The van der Waals surface area contributed by atoms with Crippen LogP contribution in [0, 0.1) is 0 Å². The molecule has 1 aromatic heterocycles. The lowest BCUT2D eigenvalue weighted by Gasteiger charge is -2.10. The first-order chi connectivity index (χ1) is 7.33. The summed E-state index contributed by atoms with van der Waals surface area (Å²) in [4.78, 5) is 4.11. The molecule has 0 saturated heterocycles. The van der Waals surface area contributed by atoms with Crippen molar-refractivity contribution in [2.75, 3.05) is 0 Å². The third kappa shape index (κ3) is 1.82. The number of aliphatic hydroxyl groups is 1. The lowest BCUT2D eigenvalue weighted by Crippen LogP contribution is -2.05. The highest BCUT2D eigenvalue weighted by Crippen LogP contribution is 2.19. The van der Waals surface area contributed by atoms with Crippen LogP contribution in [0.4, 0.5) is 0 Å². The number of hydrogen-bond acceptors (Lipinski definition) is 2. The monoisotopic (exact) mass is 200 g/mol. The Hall–Kier alpha value is -1.87. The fraction of sp³-hybridized carbons (Fsp3) is 0.0833. The van der Waals surface area contributed by atoms with Crippen LogP contribution in [0.2, 0.25) is 0 Å². The minimum Gasteiger partial charge on any atom is -0.380 e. The smallest absolute Gasteiger partial charge is 0.146 e. The first kappa shape index (κ1) is 9.68. The van der Waals surface area contributed by atoms with Crippen LogP contribution in [-0.2, 0) is 0 Å². The standard InChI is InChI=1S/C12H12N2O/c1-2-14-9-8-13-12(14)11(15)10-6-4-3-5-7-10/h2-9,11,15H,1H2. The number of aliphatic hydroxyl groups excluding tert-OH is 1. The predicted octanol–water partition coefficient (Wildman–Crippen LogP) is 2.07. The molecule has 0 spiro atoms. The largest absolute Gasteiger partial charge is 0.380 e. The SMILES string of the molecule is C=Cn1ccnc1C(O)c1ccccc1. The summed E-state index contributed by atoms with van der Waals surface area (Å²) in [6.45, 7) is 3.65. The molecule has 3 heteroatoms. The average Bonchev–Trinajstić information content (AvgIpc) is 2.77. The lowest BCUT2D eigenvalue weighted by molar-refractivity contribution is 0.209. The van der Waals surface area contributed by atoms with E-state index in [0.29, 0.717) is 5.82 Å². The molecule has 0 aliphatic heterocycles. The van der Waals surface area contributed by atoms with E-state index in [4.69, 9.17) is 0 Å². The maximum absolute atomic E-state index is 10.1. The molecule has 1 heterocycles. The van der Waals surface area contributed by atoms with Gasteiger partial charge in [-0.25, -0.2) is 4.98 Å². The molecule has 15 heavy (non-hydrogen) atoms. The molecule has 2 rings (SSSR count). The maximum Gasteiger partial charge on any atom is 0.146 e. The Morgan fingerprint density at radius 2 is 2.07 bits per heavy atom. The van der Waals surface area contributed by atoms with Crippen molar-refractivity contribution in [1.29, 1.82) is 0 Å². The molecule has 0 amide bonds. The maximum atomic E-state index is 10.1. The fourth-order valence-corrected chi connectivity index (χ4v) is 1.48. The normalized spacial score (nSPS) is 12.3. The predicted molar refractivity (Wildman–Crippen MR) is 59.1 cm³/mol. The van der Waals surface area contributed by atoms with Crippen molar-refractivity contribution in [2.24, 2.45) is 0 Å². The zero-order valence-electron chi connectivity index (χ0n) is 8.24. The lowest BCUT2D eigenvalue weighted by atomic mass is 10.1. The van der Waals surface area contributed by atoms with E-state index in [9.17, 15) is 5.11 Å². The van der Waals surface area contributed by atoms with E-state index in [1.165, 1.54) is 0 Å². The Kier molecular flexibility index (Phi) is 2.65. The molecule has 1 unspecified atom stereocenters. The van der Waals surface area contributed by atoms with Gasteiger partial charge in [-0.15, -0.1) is 0 Å². The number of nitrogens with zero attached hydrogens (tertiary/aromatic N) is 2. The molecule has 0 bridgehead atoms. The van der Waals surface area contributed by atoms with E-state index >= 15 is 0 Å². The van der Waals surface area contributed by atoms with Gasteiger partial charge in [-0.1, -0.05) is 36.9 Å². The molecule has 1 atom stereocenters. The molecule has 0 aliphatic carbocycles. The molecule has 0 fully saturated rings. The van der Waals surface area contributed by atoms with Gasteiger partial charge in [-0.05, 0) is 5.56 Å².